The van der Waals surface area contributed by atoms with E-state index < -0.39 is 0 Å². The number of benzene rings is 1. The highest BCUT2D eigenvalue weighted by atomic mass is 16.5. The lowest BCUT2D eigenvalue weighted by Gasteiger charge is -2.24. The predicted molar refractivity (Wildman–Crippen MR) is 64.3 cm³/mol. The number of methoxy groups -OCH3 is 1. The molecule has 15 heavy (non-hydrogen) atoms. The summed E-state index contributed by atoms with van der Waals surface area (Å²) in [5, 5.41) is 0. The summed E-state index contributed by atoms with van der Waals surface area (Å²) < 4.78 is 5.43. The number of aryl methyl sites for hydroxylation is 1. The molecule has 0 aromatic heterocycles. The van der Waals surface area contributed by atoms with Gasteiger partial charge in [-0.2, -0.15) is 0 Å². The number of ether oxygens (including phenoxy) is 1. The molecule has 0 saturated heterocycles. The van der Waals surface area contributed by atoms with E-state index in [1.807, 2.05) is 0 Å². The molecule has 0 radical (unpaired) electrons. The number of nitrogens with two attached hydrogens (primary N) is 1. The Morgan fingerprint density at radius 1 is 1.33 bits per heavy atom. The fourth-order valence-electron chi connectivity index (χ4n) is 1.73. The molecule has 0 heterocycles. The second kappa shape index (κ2) is 4.67. The van der Waals surface area contributed by atoms with Crippen LogP contribution in [-0.2, 0) is 6.42 Å². The van der Waals surface area contributed by atoms with Crippen LogP contribution in [0.1, 0.15) is 25.0 Å². The first kappa shape index (κ1) is 12.1. The van der Waals surface area contributed by atoms with Crippen molar-refractivity contribution in [1.82, 2.24) is 0 Å². The van der Waals surface area contributed by atoms with Crippen molar-refractivity contribution in [3.8, 4) is 5.75 Å². The van der Waals surface area contributed by atoms with Gasteiger partial charge in [0, 0.05) is 0 Å². The molecule has 84 valence electrons. The van der Waals surface area contributed by atoms with E-state index in [4.69, 9.17) is 10.5 Å². The molecule has 0 atom stereocenters. The van der Waals surface area contributed by atoms with Crippen LogP contribution in [0.4, 0.5) is 0 Å². The Morgan fingerprint density at radius 2 is 2.00 bits per heavy atom. The third kappa shape index (κ3) is 2.96. The third-order valence-corrected chi connectivity index (χ3v) is 2.72. The number of hydrogen-bond acceptors (Lipinski definition) is 2. The first-order valence-corrected chi connectivity index (χ1v) is 5.33. The van der Waals surface area contributed by atoms with Gasteiger partial charge in [-0.25, -0.2) is 0 Å². The molecule has 2 N–H and O–H groups in total. The highest BCUT2D eigenvalue weighted by molar-refractivity contribution is 5.41. The summed E-state index contributed by atoms with van der Waals surface area (Å²) >= 11 is 0. The van der Waals surface area contributed by atoms with Crippen molar-refractivity contribution in [2.24, 2.45) is 11.1 Å². The number of rotatable bonds is 4. The quantitative estimate of drug-likeness (QED) is 0.823. The largest absolute Gasteiger partial charge is 0.496 e. The van der Waals surface area contributed by atoms with E-state index in [2.05, 4.69) is 39.0 Å². The summed E-state index contributed by atoms with van der Waals surface area (Å²) in [5.41, 5.74) is 8.30. The van der Waals surface area contributed by atoms with Crippen LogP contribution >= 0.6 is 0 Å². The van der Waals surface area contributed by atoms with Gasteiger partial charge in [0.2, 0.25) is 0 Å². The van der Waals surface area contributed by atoms with Crippen molar-refractivity contribution >= 4 is 0 Å². The van der Waals surface area contributed by atoms with Gasteiger partial charge in [-0.3, -0.25) is 0 Å². The average Bonchev–Trinajstić information content (AvgIpc) is 2.18. The van der Waals surface area contributed by atoms with E-state index in [0.717, 1.165) is 12.2 Å². The molecule has 0 unspecified atom stereocenters. The van der Waals surface area contributed by atoms with Gasteiger partial charge < -0.3 is 10.5 Å². The maximum Gasteiger partial charge on any atom is 0.124 e. The Kier molecular flexibility index (Phi) is 3.75. The summed E-state index contributed by atoms with van der Waals surface area (Å²) in [6, 6.07) is 6.25. The van der Waals surface area contributed by atoms with Gasteiger partial charge in [-0.05, 0) is 36.4 Å². The molecule has 1 rings (SSSR count). The normalized spacial score (nSPS) is 11.5. The Labute approximate surface area is 92.4 Å². The standard InChI is InChI=1S/C13H21NO/c1-10-6-5-7-11(12(10)15-4)8-13(2,3)9-14/h5-7H,8-9,14H2,1-4H3. The van der Waals surface area contributed by atoms with Gasteiger partial charge in [0.1, 0.15) is 5.75 Å². The van der Waals surface area contributed by atoms with Crippen LogP contribution in [-0.4, -0.2) is 13.7 Å². The summed E-state index contributed by atoms with van der Waals surface area (Å²) in [6.07, 6.45) is 0.953. The average molecular weight is 207 g/mol. The van der Waals surface area contributed by atoms with Gasteiger partial charge in [0.05, 0.1) is 7.11 Å². The molecule has 0 amide bonds. The lowest BCUT2D eigenvalue weighted by Crippen LogP contribution is -2.26. The molecule has 2 heteroatoms. The molecule has 1 aromatic carbocycles. The zero-order valence-electron chi connectivity index (χ0n) is 10.1. The van der Waals surface area contributed by atoms with Crippen LogP contribution in [0.2, 0.25) is 0 Å². The van der Waals surface area contributed by atoms with E-state index in [1.54, 1.807) is 7.11 Å². The van der Waals surface area contributed by atoms with Gasteiger partial charge >= 0.3 is 0 Å². The summed E-state index contributed by atoms with van der Waals surface area (Å²) in [4.78, 5) is 0. The Bertz CT molecular complexity index is 331. The molecular formula is C13H21NO. The fraction of sp³-hybridized carbons (Fsp3) is 0.538. The van der Waals surface area contributed by atoms with Crippen molar-refractivity contribution in [3.63, 3.8) is 0 Å². The van der Waals surface area contributed by atoms with Crippen molar-refractivity contribution in [2.45, 2.75) is 27.2 Å². The van der Waals surface area contributed by atoms with Gasteiger partial charge in [-0.1, -0.05) is 32.0 Å². The maximum absolute atomic E-state index is 5.74. The molecule has 1 aromatic rings. The molecule has 0 saturated carbocycles. The van der Waals surface area contributed by atoms with E-state index in [0.29, 0.717) is 6.54 Å². The summed E-state index contributed by atoms with van der Waals surface area (Å²) in [7, 11) is 1.72. The number of hydrogen-bond donors (Lipinski definition) is 1. The lowest BCUT2D eigenvalue weighted by atomic mass is 9.85. The monoisotopic (exact) mass is 207 g/mol. The third-order valence-electron chi connectivity index (χ3n) is 2.72. The first-order chi connectivity index (χ1) is 7.00. The van der Waals surface area contributed by atoms with Crippen molar-refractivity contribution in [1.29, 1.82) is 0 Å². The van der Waals surface area contributed by atoms with E-state index in [-0.39, 0.29) is 5.41 Å². The van der Waals surface area contributed by atoms with Crippen LogP contribution in [0, 0.1) is 12.3 Å². The minimum atomic E-state index is 0.126. The van der Waals surface area contributed by atoms with Crippen LogP contribution in [0.15, 0.2) is 18.2 Å². The van der Waals surface area contributed by atoms with E-state index in [9.17, 15) is 0 Å². The van der Waals surface area contributed by atoms with Crippen LogP contribution < -0.4 is 10.5 Å². The van der Waals surface area contributed by atoms with E-state index in [1.165, 1.54) is 11.1 Å². The van der Waals surface area contributed by atoms with Crippen LogP contribution in [0.3, 0.4) is 0 Å². The van der Waals surface area contributed by atoms with Crippen molar-refractivity contribution < 1.29 is 4.74 Å². The maximum atomic E-state index is 5.74. The van der Waals surface area contributed by atoms with Crippen LogP contribution in [0.25, 0.3) is 0 Å². The molecule has 0 bridgehead atoms. The molecule has 0 aliphatic rings. The fourth-order valence-corrected chi connectivity index (χ4v) is 1.73. The Morgan fingerprint density at radius 3 is 2.53 bits per heavy atom. The SMILES string of the molecule is COc1c(C)cccc1CC(C)(C)CN. The molecule has 0 aliphatic heterocycles. The Balaban J connectivity index is 2.99. The van der Waals surface area contributed by atoms with Crippen molar-refractivity contribution in [2.75, 3.05) is 13.7 Å². The molecular weight excluding hydrogens is 186 g/mol. The number of para-hydroxylation sites is 1. The molecule has 0 fully saturated rings. The second-order valence-corrected chi connectivity index (χ2v) is 4.81. The van der Waals surface area contributed by atoms with Gasteiger partial charge in [0.25, 0.3) is 0 Å². The topological polar surface area (TPSA) is 35.2 Å². The second-order valence-electron chi connectivity index (χ2n) is 4.81. The van der Waals surface area contributed by atoms with Crippen molar-refractivity contribution in [3.05, 3.63) is 29.3 Å². The predicted octanol–water partition coefficient (Wildman–Crippen LogP) is 2.53. The zero-order chi connectivity index (χ0) is 11.5. The van der Waals surface area contributed by atoms with Gasteiger partial charge in [0.15, 0.2) is 0 Å². The van der Waals surface area contributed by atoms with E-state index >= 15 is 0 Å². The molecule has 2 nitrogen and oxygen atoms in total. The smallest absolute Gasteiger partial charge is 0.124 e. The highest BCUT2D eigenvalue weighted by Crippen LogP contribution is 2.29. The minimum Gasteiger partial charge on any atom is -0.496 e. The lowest BCUT2D eigenvalue weighted by molar-refractivity contribution is 0.358. The molecule has 0 spiro atoms. The summed E-state index contributed by atoms with van der Waals surface area (Å²) in [5.74, 6) is 0.999. The minimum absolute atomic E-state index is 0.126. The first-order valence-electron chi connectivity index (χ1n) is 5.33. The van der Waals surface area contributed by atoms with Crippen LogP contribution in [0.5, 0.6) is 5.75 Å². The zero-order valence-corrected chi connectivity index (χ0v) is 10.1. The highest BCUT2D eigenvalue weighted by Gasteiger charge is 2.19. The summed E-state index contributed by atoms with van der Waals surface area (Å²) in [6.45, 7) is 7.10. The van der Waals surface area contributed by atoms with Gasteiger partial charge in [-0.15, -0.1) is 0 Å². The Hall–Kier alpha value is -1.02. The molecule has 0 aliphatic carbocycles.